The average Bonchev–Trinajstić information content (AvgIpc) is 2.35. The van der Waals surface area contributed by atoms with E-state index in [1.807, 2.05) is 36.4 Å². The molecule has 0 spiro atoms. The number of hydrogen-bond donors (Lipinski definition) is 1. The Morgan fingerprint density at radius 2 is 1.78 bits per heavy atom. The van der Waals surface area contributed by atoms with Gasteiger partial charge in [0.05, 0.1) is 16.1 Å². The summed E-state index contributed by atoms with van der Waals surface area (Å²) in [5.41, 5.74) is 2.01. The monoisotopic (exact) mass is 343 g/mol. The van der Waals surface area contributed by atoms with Gasteiger partial charge in [0.1, 0.15) is 0 Å². The molecule has 1 unspecified atom stereocenters. The van der Waals surface area contributed by atoms with E-state index in [1.165, 1.54) is 0 Å². The lowest BCUT2D eigenvalue weighted by molar-refractivity contribution is 0.884. The second kappa shape index (κ2) is 5.96. The molecule has 0 saturated carbocycles. The molecule has 0 amide bonds. The van der Waals surface area contributed by atoms with Gasteiger partial charge in [0.25, 0.3) is 0 Å². The lowest BCUT2D eigenvalue weighted by Crippen LogP contribution is -2.07. The van der Waals surface area contributed by atoms with Gasteiger partial charge >= 0.3 is 0 Å². The highest BCUT2D eigenvalue weighted by molar-refractivity contribution is 9.10. The zero-order valence-corrected chi connectivity index (χ0v) is 12.9. The van der Waals surface area contributed by atoms with Crippen LogP contribution in [0.25, 0.3) is 0 Å². The number of nitrogens with one attached hydrogen (secondary N) is 1. The van der Waals surface area contributed by atoms with Crippen molar-refractivity contribution < 1.29 is 0 Å². The van der Waals surface area contributed by atoms with Crippen molar-refractivity contribution in [2.75, 3.05) is 5.32 Å². The number of benzene rings is 2. The van der Waals surface area contributed by atoms with Crippen LogP contribution in [-0.4, -0.2) is 0 Å². The van der Waals surface area contributed by atoms with E-state index in [0.717, 1.165) is 15.7 Å². The highest BCUT2D eigenvalue weighted by atomic mass is 79.9. The molecule has 0 bridgehead atoms. The van der Waals surface area contributed by atoms with Crippen LogP contribution in [0, 0.1) is 0 Å². The summed E-state index contributed by atoms with van der Waals surface area (Å²) in [6, 6.07) is 13.7. The van der Waals surface area contributed by atoms with Crippen LogP contribution in [0.15, 0.2) is 46.9 Å². The van der Waals surface area contributed by atoms with Crippen molar-refractivity contribution in [3.8, 4) is 0 Å². The van der Waals surface area contributed by atoms with Crippen molar-refractivity contribution in [2.45, 2.75) is 13.0 Å². The Labute approximate surface area is 125 Å². The molecule has 0 radical (unpaired) electrons. The van der Waals surface area contributed by atoms with Gasteiger partial charge in [-0.25, -0.2) is 0 Å². The van der Waals surface area contributed by atoms with Crippen molar-refractivity contribution in [1.82, 2.24) is 0 Å². The Morgan fingerprint density at radius 1 is 1.06 bits per heavy atom. The second-order valence-corrected chi connectivity index (χ2v) is 5.63. The lowest BCUT2D eigenvalue weighted by Gasteiger charge is -2.18. The molecule has 0 aromatic heterocycles. The molecule has 2 rings (SSSR count). The Kier molecular flexibility index (Phi) is 4.55. The molecule has 4 heteroatoms. The molecule has 0 aliphatic rings. The van der Waals surface area contributed by atoms with Gasteiger partial charge in [0.2, 0.25) is 0 Å². The highest BCUT2D eigenvalue weighted by Gasteiger charge is 2.12. The molecular formula is C14H12BrCl2N. The number of halogens is 3. The summed E-state index contributed by atoms with van der Waals surface area (Å²) in [7, 11) is 0. The normalized spacial score (nSPS) is 12.2. The zero-order valence-electron chi connectivity index (χ0n) is 9.75. The summed E-state index contributed by atoms with van der Waals surface area (Å²) >= 11 is 15.7. The summed E-state index contributed by atoms with van der Waals surface area (Å²) in [5, 5.41) is 4.59. The number of rotatable bonds is 3. The highest BCUT2D eigenvalue weighted by Crippen LogP contribution is 2.32. The summed E-state index contributed by atoms with van der Waals surface area (Å²) < 4.78 is 1.02. The molecule has 2 aromatic rings. The van der Waals surface area contributed by atoms with E-state index in [-0.39, 0.29) is 6.04 Å². The van der Waals surface area contributed by atoms with Crippen molar-refractivity contribution in [2.24, 2.45) is 0 Å². The minimum atomic E-state index is 0.0786. The number of para-hydroxylation sites is 1. The molecule has 0 aliphatic carbocycles. The summed E-state index contributed by atoms with van der Waals surface area (Å²) in [6.07, 6.45) is 0. The van der Waals surface area contributed by atoms with Crippen LogP contribution in [0.3, 0.4) is 0 Å². The maximum atomic E-state index is 6.21. The van der Waals surface area contributed by atoms with Crippen molar-refractivity contribution in [3.05, 3.63) is 62.5 Å². The first-order chi connectivity index (χ1) is 8.59. The van der Waals surface area contributed by atoms with Crippen LogP contribution >= 0.6 is 39.1 Å². The van der Waals surface area contributed by atoms with Crippen LogP contribution in [0.5, 0.6) is 0 Å². The fourth-order valence-electron chi connectivity index (χ4n) is 1.74. The van der Waals surface area contributed by atoms with E-state index in [9.17, 15) is 0 Å². The summed E-state index contributed by atoms with van der Waals surface area (Å²) in [5.74, 6) is 0. The van der Waals surface area contributed by atoms with Crippen LogP contribution in [-0.2, 0) is 0 Å². The minimum absolute atomic E-state index is 0.0786. The van der Waals surface area contributed by atoms with E-state index < -0.39 is 0 Å². The lowest BCUT2D eigenvalue weighted by atomic mass is 10.1. The Morgan fingerprint density at radius 3 is 2.50 bits per heavy atom. The first-order valence-corrected chi connectivity index (χ1v) is 7.09. The van der Waals surface area contributed by atoms with Crippen LogP contribution in [0.1, 0.15) is 18.5 Å². The molecule has 0 saturated heterocycles. The van der Waals surface area contributed by atoms with Crippen molar-refractivity contribution in [3.63, 3.8) is 0 Å². The number of anilines is 1. The third kappa shape index (κ3) is 3.00. The fraction of sp³-hybridized carbons (Fsp3) is 0.143. The first-order valence-electron chi connectivity index (χ1n) is 5.54. The van der Waals surface area contributed by atoms with Crippen LogP contribution in [0.4, 0.5) is 5.69 Å². The largest absolute Gasteiger partial charge is 0.378 e. The van der Waals surface area contributed by atoms with Crippen LogP contribution < -0.4 is 5.32 Å². The molecule has 94 valence electrons. The molecule has 0 fully saturated rings. The Hall–Kier alpha value is -0.700. The standard InChI is InChI=1S/C14H12BrCl2N/c1-9(10-5-4-7-12(16)14(10)17)18-13-8-3-2-6-11(13)15/h2-9,18H,1H3. The van der Waals surface area contributed by atoms with Gasteiger partial charge in [-0.15, -0.1) is 0 Å². The Bertz CT molecular complexity index is 557. The number of hydrogen-bond acceptors (Lipinski definition) is 1. The first kappa shape index (κ1) is 13.7. The molecule has 18 heavy (non-hydrogen) atoms. The van der Waals surface area contributed by atoms with Gasteiger partial charge in [-0.05, 0) is 46.6 Å². The second-order valence-electron chi connectivity index (χ2n) is 3.99. The maximum absolute atomic E-state index is 6.21. The van der Waals surface area contributed by atoms with Crippen molar-refractivity contribution >= 4 is 44.8 Å². The molecule has 1 nitrogen and oxygen atoms in total. The molecular weight excluding hydrogens is 333 g/mol. The molecule has 0 aliphatic heterocycles. The minimum Gasteiger partial charge on any atom is -0.378 e. The predicted molar refractivity (Wildman–Crippen MR) is 82.6 cm³/mol. The topological polar surface area (TPSA) is 12.0 Å². The van der Waals surface area contributed by atoms with Gasteiger partial charge in [-0.3, -0.25) is 0 Å². The van der Waals surface area contributed by atoms with Crippen molar-refractivity contribution in [1.29, 1.82) is 0 Å². The van der Waals surface area contributed by atoms with E-state index >= 15 is 0 Å². The Balaban J connectivity index is 2.25. The van der Waals surface area contributed by atoms with Gasteiger partial charge in [0.15, 0.2) is 0 Å². The summed E-state index contributed by atoms with van der Waals surface area (Å²) in [6.45, 7) is 2.05. The van der Waals surface area contributed by atoms with E-state index in [1.54, 1.807) is 6.07 Å². The zero-order chi connectivity index (χ0) is 13.1. The quantitative estimate of drug-likeness (QED) is 0.727. The van der Waals surface area contributed by atoms with Crippen LogP contribution in [0.2, 0.25) is 10.0 Å². The van der Waals surface area contributed by atoms with E-state index in [4.69, 9.17) is 23.2 Å². The van der Waals surface area contributed by atoms with Gasteiger partial charge in [0, 0.05) is 10.2 Å². The van der Waals surface area contributed by atoms with Gasteiger partial charge in [-0.2, -0.15) is 0 Å². The third-order valence-corrected chi connectivity index (χ3v) is 4.22. The molecule has 1 N–H and O–H groups in total. The fourth-order valence-corrected chi connectivity index (χ4v) is 2.61. The molecule has 0 heterocycles. The SMILES string of the molecule is CC(Nc1ccccc1Br)c1cccc(Cl)c1Cl. The smallest absolute Gasteiger partial charge is 0.0644 e. The third-order valence-electron chi connectivity index (χ3n) is 2.69. The summed E-state index contributed by atoms with van der Waals surface area (Å²) in [4.78, 5) is 0. The maximum Gasteiger partial charge on any atom is 0.0644 e. The van der Waals surface area contributed by atoms with Gasteiger partial charge < -0.3 is 5.32 Å². The van der Waals surface area contributed by atoms with Gasteiger partial charge in [-0.1, -0.05) is 47.5 Å². The molecule has 2 aromatic carbocycles. The molecule has 1 atom stereocenters. The predicted octanol–water partition coefficient (Wildman–Crippen LogP) is 5.93. The average molecular weight is 345 g/mol. The van der Waals surface area contributed by atoms with E-state index in [0.29, 0.717) is 10.0 Å². The van der Waals surface area contributed by atoms with E-state index in [2.05, 4.69) is 28.2 Å².